The summed E-state index contributed by atoms with van der Waals surface area (Å²) in [5.41, 5.74) is 0. The average molecular weight is 739 g/mol. The number of carbonyl (C=O) groups excluding carboxylic acids is 3. The molecule has 304 valence electrons. The van der Waals surface area contributed by atoms with Crippen molar-refractivity contribution < 1.29 is 44.3 Å². The second-order valence-corrected chi connectivity index (χ2v) is 15.4. The van der Waals surface area contributed by atoms with Crippen molar-refractivity contribution in [1.29, 1.82) is 0 Å². The van der Waals surface area contributed by atoms with Crippen LogP contribution in [0.1, 0.15) is 194 Å². The van der Waals surface area contributed by atoms with Crippen molar-refractivity contribution in [1.82, 2.24) is 0 Å². The van der Waals surface area contributed by atoms with Gasteiger partial charge in [0.05, 0.1) is 24.9 Å². The van der Waals surface area contributed by atoms with Crippen LogP contribution in [0, 0.1) is 11.8 Å². The first-order valence-electron chi connectivity index (χ1n) is 21.4. The normalized spacial score (nSPS) is 20.0. The van der Waals surface area contributed by atoms with Gasteiger partial charge < -0.3 is 29.9 Å². The van der Waals surface area contributed by atoms with Gasteiger partial charge in [0.2, 0.25) is 0 Å². The molecule has 0 unspecified atom stereocenters. The Bertz CT molecular complexity index is 922. The number of hydrogen-bond donors (Lipinski definition) is 4. The summed E-state index contributed by atoms with van der Waals surface area (Å²) in [5, 5.41) is 40.7. The number of Topliss-reactive ketones (excluding diaryl/α,β-unsaturated/α-hetero) is 1. The molecule has 0 bridgehead atoms. The molecule has 1 fully saturated rings. The molecule has 0 amide bonds. The van der Waals surface area contributed by atoms with E-state index in [9.17, 15) is 34.8 Å². The van der Waals surface area contributed by atoms with Gasteiger partial charge in [-0.2, -0.15) is 0 Å². The van der Waals surface area contributed by atoms with Crippen LogP contribution in [0.2, 0.25) is 0 Å². The molecule has 0 aromatic carbocycles. The maximum Gasteiger partial charge on any atom is 0.306 e. The van der Waals surface area contributed by atoms with Gasteiger partial charge in [-0.3, -0.25) is 14.4 Å². The molecule has 9 nitrogen and oxygen atoms in total. The van der Waals surface area contributed by atoms with Crippen molar-refractivity contribution in [2.75, 3.05) is 13.2 Å². The largest absolute Gasteiger partial charge is 0.462 e. The van der Waals surface area contributed by atoms with E-state index in [1.807, 2.05) is 0 Å². The maximum atomic E-state index is 12.7. The van der Waals surface area contributed by atoms with Gasteiger partial charge in [0, 0.05) is 43.9 Å². The van der Waals surface area contributed by atoms with Gasteiger partial charge in [-0.25, -0.2) is 0 Å². The van der Waals surface area contributed by atoms with E-state index in [-0.39, 0.29) is 50.4 Å². The fourth-order valence-corrected chi connectivity index (χ4v) is 7.20. The highest BCUT2D eigenvalue weighted by Crippen LogP contribution is 2.36. The Labute approximate surface area is 316 Å². The molecule has 1 rings (SSSR count). The van der Waals surface area contributed by atoms with Crippen LogP contribution in [0.15, 0.2) is 12.2 Å². The van der Waals surface area contributed by atoms with Crippen molar-refractivity contribution in [2.45, 2.75) is 218 Å². The highest BCUT2D eigenvalue weighted by Gasteiger charge is 2.41. The zero-order chi connectivity index (χ0) is 38.2. The van der Waals surface area contributed by atoms with E-state index < -0.39 is 48.9 Å². The van der Waals surface area contributed by atoms with Gasteiger partial charge in [0.1, 0.15) is 12.4 Å². The third-order valence-corrected chi connectivity index (χ3v) is 10.5. The first-order chi connectivity index (χ1) is 25.2. The molecule has 4 N–H and O–H groups in total. The average Bonchev–Trinajstić information content (AvgIpc) is 3.39. The van der Waals surface area contributed by atoms with Gasteiger partial charge in [-0.05, 0) is 25.7 Å². The number of ketones is 1. The molecule has 0 aromatic heterocycles. The van der Waals surface area contributed by atoms with Gasteiger partial charge in [0.25, 0.3) is 0 Å². The van der Waals surface area contributed by atoms with E-state index in [1.54, 1.807) is 12.2 Å². The Morgan fingerprint density at radius 3 is 1.69 bits per heavy atom. The summed E-state index contributed by atoms with van der Waals surface area (Å²) in [6, 6.07) is 0. The number of ether oxygens (including phenoxy) is 2. The number of esters is 2. The van der Waals surface area contributed by atoms with Crippen LogP contribution in [-0.2, 0) is 23.9 Å². The van der Waals surface area contributed by atoms with Crippen molar-refractivity contribution in [3.63, 3.8) is 0 Å². The summed E-state index contributed by atoms with van der Waals surface area (Å²) in [6.07, 6.45) is 27.6. The fraction of sp³-hybridized carbons (Fsp3) is 0.884. The van der Waals surface area contributed by atoms with Gasteiger partial charge in [-0.1, -0.05) is 148 Å². The van der Waals surface area contributed by atoms with Gasteiger partial charge in [0.15, 0.2) is 6.10 Å². The number of hydrogen-bond acceptors (Lipinski definition) is 9. The van der Waals surface area contributed by atoms with Gasteiger partial charge >= 0.3 is 11.9 Å². The minimum absolute atomic E-state index is 0.0414. The monoisotopic (exact) mass is 739 g/mol. The minimum atomic E-state index is -0.892. The lowest BCUT2D eigenvalue weighted by Crippen LogP contribution is -2.28. The molecule has 0 heterocycles. The first kappa shape index (κ1) is 48.2. The summed E-state index contributed by atoms with van der Waals surface area (Å²) in [6.45, 7) is 3.73. The highest BCUT2D eigenvalue weighted by atomic mass is 16.6. The molecule has 0 radical (unpaired) electrons. The zero-order valence-corrected chi connectivity index (χ0v) is 33.2. The molecular weight excluding hydrogens is 660 g/mol. The lowest BCUT2D eigenvalue weighted by atomic mass is 9.87. The second-order valence-electron chi connectivity index (χ2n) is 15.4. The molecular formula is C43H78O9. The maximum absolute atomic E-state index is 12.7. The quantitative estimate of drug-likeness (QED) is 0.0284. The van der Waals surface area contributed by atoms with Crippen LogP contribution >= 0.6 is 0 Å². The van der Waals surface area contributed by atoms with Crippen LogP contribution in [-0.4, -0.2) is 75.8 Å². The first-order valence-corrected chi connectivity index (χ1v) is 21.4. The van der Waals surface area contributed by atoms with Crippen LogP contribution in [0.3, 0.4) is 0 Å². The molecule has 6 atom stereocenters. The topological polar surface area (TPSA) is 151 Å². The standard InChI is InChI=1S/C43H78O9/c1-3-5-7-8-9-10-11-12-13-14-15-16-17-18-19-20-22-28-43(50)52-37(33-44)34-51-42(49)27-24-23-26-36(46)31-39-38(40(47)32-41(39)48)30-29-35(45)25-21-6-4-2/h29-30,35,37-41,44-45,47-48H,3-28,31-34H2,1-2H3/b30-29+/t35-,37-,38+,39+,40+,41-/m0/s1. The van der Waals surface area contributed by atoms with Crippen LogP contribution in [0.5, 0.6) is 0 Å². The van der Waals surface area contributed by atoms with Crippen LogP contribution in [0.4, 0.5) is 0 Å². The molecule has 0 aliphatic heterocycles. The lowest BCUT2D eigenvalue weighted by Gasteiger charge is -2.20. The third-order valence-electron chi connectivity index (χ3n) is 10.5. The van der Waals surface area contributed by atoms with E-state index in [0.717, 1.165) is 38.5 Å². The van der Waals surface area contributed by atoms with Crippen molar-refractivity contribution in [3.05, 3.63) is 12.2 Å². The van der Waals surface area contributed by atoms with E-state index in [2.05, 4.69) is 13.8 Å². The van der Waals surface area contributed by atoms with E-state index in [1.165, 1.54) is 89.9 Å². The molecule has 0 spiro atoms. The predicted molar refractivity (Wildman–Crippen MR) is 208 cm³/mol. The van der Waals surface area contributed by atoms with E-state index in [0.29, 0.717) is 19.3 Å². The number of rotatable bonds is 35. The Kier molecular flexibility index (Phi) is 30.2. The Hall–Kier alpha value is -1.81. The van der Waals surface area contributed by atoms with E-state index in [4.69, 9.17) is 9.47 Å². The van der Waals surface area contributed by atoms with Crippen molar-refractivity contribution in [3.8, 4) is 0 Å². The number of aliphatic hydroxyl groups excluding tert-OH is 4. The fourth-order valence-electron chi connectivity index (χ4n) is 7.20. The molecule has 9 heteroatoms. The molecule has 52 heavy (non-hydrogen) atoms. The minimum Gasteiger partial charge on any atom is -0.462 e. The molecule has 1 aliphatic carbocycles. The van der Waals surface area contributed by atoms with Crippen LogP contribution in [0.25, 0.3) is 0 Å². The summed E-state index contributed by atoms with van der Waals surface area (Å²) < 4.78 is 10.5. The summed E-state index contributed by atoms with van der Waals surface area (Å²) in [4.78, 5) is 37.2. The number of aliphatic hydroxyl groups is 4. The van der Waals surface area contributed by atoms with Crippen molar-refractivity contribution >= 4 is 17.7 Å². The molecule has 0 aromatic rings. The number of carbonyl (C=O) groups is 3. The smallest absolute Gasteiger partial charge is 0.306 e. The summed E-state index contributed by atoms with van der Waals surface area (Å²) in [7, 11) is 0. The van der Waals surface area contributed by atoms with Crippen LogP contribution < -0.4 is 0 Å². The molecule has 1 saturated carbocycles. The van der Waals surface area contributed by atoms with Gasteiger partial charge in [-0.15, -0.1) is 0 Å². The molecule has 0 saturated heterocycles. The SMILES string of the molecule is CCCCCCCCCCCCCCCCCCCC(=O)O[C@@H](CO)COC(=O)CCCCC(=O)C[C@@H]1[C@@H](/C=C/[C@@H](O)CCCCC)[C@H](O)C[C@@H]1O. The summed E-state index contributed by atoms with van der Waals surface area (Å²) >= 11 is 0. The van der Waals surface area contributed by atoms with E-state index >= 15 is 0 Å². The Morgan fingerprint density at radius 2 is 1.13 bits per heavy atom. The Morgan fingerprint density at radius 1 is 0.654 bits per heavy atom. The lowest BCUT2D eigenvalue weighted by molar-refractivity contribution is -0.161. The third kappa shape index (κ3) is 25.3. The highest BCUT2D eigenvalue weighted by molar-refractivity contribution is 5.79. The zero-order valence-electron chi connectivity index (χ0n) is 33.2. The number of unbranched alkanes of at least 4 members (excludes halogenated alkanes) is 19. The predicted octanol–water partition coefficient (Wildman–Crippen LogP) is 8.85. The molecule has 1 aliphatic rings. The second kappa shape index (κ2) is 32.6. The Balaban J connectivity index is 2.09. The van der Waals surface area contributed by atoms with Crippen molar-refractivity contribution in [2.24, 2.45) is 11.8 Å². The summed E-state index contributed by atoms with van der Waals surface area (Å²) in [5.74, 6) is -1.71.